The Morgan fingerprint density at radius 3 is 2.02 bits per heavy atom. The van der Waals surface area contributed by atoms with E-state index in [9.17, 15) is 31.9 Å². The largest absolute Gasteiger partial charge is 0.471 e. The third kappa shape index (κ3) is 6.58. The quantitative estimate of drug-likeness (QED) is 0.185. The van der Waals surface area contributed by atoms with Crippen LogP contribution in [0.15, 0.2) is 54.6 Å². The molecule has 1 saturated carbocycles. The van der Waals surface area contributed by atoms with Gasteiger partial charge in [0.05, 0.1) is 22.2 Å². The zero-order valence-electron chi connectivity index (χ0n) is 19.5. The van der Waals surface area contributed by atoms with Gasteiger partial charge in [0, 0.05) is 27.3 Å². The van der Waals surface area contributed by atoms with Gasteiger partial charge >= 0.3 is 12.1 Å². The van der Waals surface area contributed by atoms with Crippen molar-refractivity contribution in [2.24, 2.45) is 5.92 Å². The van der Waals surface area contributed by atoms with Crippen molar-refractivity contribution in [3.8, 4) is 0 Å². The Morgan fingerprint density at radius 1 is 0.800 bits per heavy atom. The Hall–Kier alpha value is -2.76. The molecule has 210 valence electrons. The number of hydrogen-bond donors (Lipinski definition) is 3. The van der Waals surface area contributed by atoms with Crippen molar-refractivity contribution in [2.45, 2.75) is 16.4 Å². The van der Waals surface area contributed by atoms with E-state index < -0.39 is 51.6 Å². The van der Waals surface area contributed by atoms with E-state index in [1.807, 2.05) is 0 Å². The van der Waals surface area contributed by atoms with Crippen molar-refractivity contribution in [1.29, 1.82) is 0 Å². The van der Waals surface area contributed by atoms with Crippen molar-refractivity contribution >= 4 is 92.8 Å². The van der Waals surface area contributed by atoms with Gasteiger partial charge in [-0.2, -0.15) is 13.2 Å². The molecule has 0 heterocycles. The van der Waals surface area contributed by atoms with Crippen LogP contribution in [0.5, 0.6) is 0 Å². The Balaban J connectivity index is 1.49. The molecule has 0 spiro atoms. The molecule has 2 unspecified atom stereocenters. The smallest absolute Gasteiger partial charge is 0.326 e. The molecule has 6 nitrogen and oxygen atoms in total. The van der Waals surface area contributed by atoms with Gasteiger partial charge in [0.2, 0.25) is 5.91 Å². The fourth-order valence-electron chi connectivity index (χ4n) is 3.91. The molecule has 0 saturated heterocycles. The molecule has 0 bridgehead atoms. The summed E-state index contributed by atoms with van der Waals surface area (Å²) in [6, 6.07) is 11.3. The lowest BCUT2D eigenvalue weighted by Gasteiger charge is -2.12. The van der Waals surface area contributed by atoms with E-state index in [0.717, 1.165) is 18.2 Å². The number of carbonyl (C=O) groups excluding carboxylic acids is 3. The maximum absolute atomic E-state index is 13.9. The number of nitrogens with one attached hydrogen (secondary N) is 3. The summed E-state index contributed by atoms with van der Waals surface area (Å²) in [7, 11) is 0. The number of amides is 3. The molecule has 3 N–H and O–H groups in total. The molecular formula is C25H14Cl5F4N3O3. The molecule has 1 aliphatic carbocycles. The lowest BCUT2D eigenvalue weighted by atomic mass is 10.1. The summed E-state index contributed by atoms with van der Waals surface area (Å²) in [6.45, 7) is 0. The first-order valence-electron chi connectivity index (χ1n) is 11.0. The van der Waals surface area contributed by atoms with Gasteiger partial charge in [0.25, 0.3) is 5.91 Å². The van der Waals surface area contributed by atoms with Gasteiger partial charge < -0.3 is 16.0 Å². The third-order valence-corrected chi connectivity index (χ3v) is 7.49. The van der Waals surface area contributed by atoms with E-state index in [1.165, 1.54) is 29.6 Å². The molecule has 0 aliphatic heterocycles. The average molecular weight is 658 g/mol. The van der Waals surface area contributed by atoms with Gasteiger partial charge in [-0.1, -0.05) is 34.8 Å². The summed E-state index contributed by atoms with van der Waals surface area (Å²) in [4.78, 5) is 37.0. The SMILES string of the molecule is O=C(Nc1ccc(F)c(NC(=O)C(F)(F)F)c1)c1cc(NC(=O)C2C(c3cc(Cl)cc(Cl)c3)C2(Cl)Cl)ccc1Cl. The first-order valence-corrected chi connectivity index (χ1v) is 12.9. The highest BCUT2D eigenvalue weighted by Gasteiger charge is 2.67. The van der Waals surface area contributed by atoms with Crippen molar-refractivity contribution < 1.29 is 31.9 Å². The number of carbonyl (C=O) groups is 3. The summed E-state index contributed by atoms with van der Waals surface area (Å²) in [5.41, 5.74) is -0.386. The monoisotopic (exact) mass is 655 g/mol. The average Bonchev–Trinajstić information content (AvgIpc) is 3.43. The molecule has 0 radical (unpaired) electrons. The topological polar surface area (TPSA) is 87.3 Å². The summed E-state index contributed by atoms with van der Waals surface area (Å²) in [5.74, 6) is -6.47. The van der Waals surface area contributed by atoms with E-state index in [-0.39, 0.29) is 22.0 Å². The summed E-state index contributed by atoms with van der Waals surface area (Å²) < 4.78 is 50.1. The molecule has 15 heteroatoms. The predicted molar refractivity (Wildman–Crippen MR) is 146 cm³/mol. The van der Waals surface area contributed by atoms with Gasteiger partial charge in [-0.05, 0) is 60.2 Å². The molecule has 4 rings (SSSR count). The van der Waals surface area contributed by atoms with Crippen LogP contribution in [0.4, 0.5) is 34.6 Å². The van der Waals surface area contributed by atoms with Crippen molar-refractivity contribution in [3.05, 3.63) is 86.6 Å². The van der Waals surface area contributed by atoms with Crippen molar-refractivity contribution in [2.75, 3.05) is 16.0 Å². The number of anilines is 3. The van der Waals surface area contributed by atoms with Gasteiger partial charge in [-0.25, -0.2) is 4.39 Å². The number of alkyl halides is 5. The maximum Gasteiger partial charge on any atom is 0.471 e. The second kappa shape index (κ2) is 11.3. The molecule has 1 aliphatic rings. The van der Waals surface area contributed by atoms with Gasteiger partial charge in [-0.15, -0.1) is 23.2 Å². The fraction of sp³-hybridized carbons (Fsp3) is 0.160. The number of benzene rings is 3. The van der Waals surface area contributed by atoms with E-state index in [0.29, 0.717) is 15.6 Å². The Kier molecular flexibility index (Phi) is 8.50. The lowest BCUT2D eigenvalue weighted by Crippen LogP contribution is -2.30. The second-order valence-electron chi connectivity index (χ2n) is 8.62. The second-order valence-corrected chi connectivity index (χ2v) is 11.3. The van der Waals surface area contributed by atoms with Crippen LogP contribution < -0.4 is 16.0 Å². The Bertz CT molecular complexity index is 1510. The third-order valence-electron chi connectivity index (χ3n) is 5.79. The highest BCUT2D eigenvalue weighted by Crippen LogP contribution is 2.65. The predicted octanol–water partition coefficient (Wildman–Crippen LogP) is 8.07. The standard InChI is InChI=1S/C25H14Cl5F4N3O3/c26-11-5-10(6-12(27)7-11)19-20(24(19,29)30)22(39)36-13-1-3-16(28)15(8-13)21(38)35-14-2-4-17(31)18(9-14)37-23(40)25(32,33)34/h1-9,19-20H,(H,35,38)(H,36,39)(H,37,40). The zero-order valence-corrected chi connectivity index (χ0v) is 23.3. The first-order chi connectivity index (χ1) is 18.6. The number of hydrogen-bond acceptors (Lipinski definition) is 3. The van der Waals surface area contributed by atoms with Gasteiger partial charge in [-0.3, -0.25) is 14.4 Å². The Labute approximate surface area is 248 Å². The van der Waals surface area contributed by atoms with Crippen LogP contribution in [0.2, 0.25) is 15.1 Å². The van der Waals surface area contributed by atoms with Crippen molar-refractivity contribution in [1.82, 2.24) is 0 Å². The van der Waals surface area contributed by atoms with E-state index in [2.05, 4.69) is 10.6 Å². The summed E-state index contributed by atoms with van der Waals surface area (Å²) in [6.07, 6.45) is -5.25. The minimum absolute atomic E-state index is 0.0369. The highest BCUT2D eigenvalue weighted by atomic mass is 35.5. The van der Waals surface area contributed by atoms with Crippen LogP contribution in [0, 0.1) is 11.7 Å². The minimum atomic E-state index is -5.25. The minimum Gasteiger partial charge on any atom is -0.326 e. The van der Waals surface area contributed by atoms with Crippen LogP contribution in [0.1, 0.15) is 21.8 Å². The normalized spacial score (nSPS) is 17.6. The van der Waals surface area contributed by atoms with E-state index in [4.69, 9.17) is 58.0 Å². The van der Waals surface area contributed by atoms with Gasteiger partial charge in [0.1, 0.15) is 10.2 Å². The van der Waals surface area contributed by atoms with Crippen LogP contribution in [-0.2, 0) is 9.59 Å². The number of rotatable bonds is 6. The van der Waals surface area contributed by atoms with Crippen LogP contribution in [0.3, 0.4) is 0 Å². The molecule has 2 atom stereocenters. The fourth-order valence-corrected chi connectivity index (χ4v) is 5.48. The van der Waals surface area contributed by atoms with E-state index in [1.54, 1.807) is 12.1 Å². The lowest BCUT2D eigenvalue weighted by molar-refractivity contribution is -0.167. The zero-order chi connectivity index (χ0) is 29.6. The molecule has 3 aromatic carbocycles. The molecule has 0 aromatic heterocycles. The molecule has 1 fully saturated rings. The van der Waals surface area contributed by atoms with Gasteiger partial charge in [0.15, 0.2) is 0 Å². The number of halogens is 9. The molecule has 3 aromatic rings. The van der Waals surface area contributed by atoms with Crippen molar-refractivity contribution in [3.63, 3.8) is 0 Å². The van der Waals surface area contributed by atoms with Crippen LogP contribution in [-0.4, -0.2) is 28.2 Å². The summed E-state index contributed by atoms with van der Waals surface area (Å²) in [5, 5.41) is 6.98. The molecule has 40 heavy (non-hydrogen) atoms. The van der Waals surface area contributed by atoms with Crippen LogP contribution in [0.25, 0.3) is 0 Å². The molecular weight excluding hydrogens is 644 g/mol. The molecule has 3 amide bonds. The highest BCUT2D eigenvalue weighted by molar-refractivity contribution is 6.53. The summed E-state index contributed by atoms with van der Waals surface area (Å²) >= 11 is 31.0. The van der Waals surface area contributed by atoms with E-state index >= 15 is 0 Å². The maximum atomic E-state index is 13.9. The first kappa shape index (κ1) is 30.2. The Morgan fingerprint density at radius 2 is 1.40 bits per heavy atom. The van der Waals surface area contributed by atoms with Crippen LogP contribution >= 0.6 is 58.0 Å².